The molecule has 6 nitrogen and oxygen atoms in total. The van der Waals surface area contributed by atoms with Crippen LogP contribution in [0.1, 0.15) is 63.8 Å². The Morgan fingerprint density at radius 1 is 0.600 bits per heavy atom. The van der Waals surface area contributed by atoms with Crippen molar-refractivity contribution in [3.05, 3.63) is 162 Å². The largest absolute Gasteiger partial charge is 0.507 e. The zero-order chi connectivity index (χ0) is 41.2. The third-order valence-electron chi connectivity index (χ3n) is 11.4. The van der Waals surface area contributed by atoms with E-state index in [0.29, 0.717) is 11.4 Å². The van der Waals surface area contributed by atoms with Crippen LogP contribution in [0, 0.1) is 13.8 Å². The Morgan fingerprint density at radius 3 is 2.00 bits per heavy atom. The van der Waals surface area contributed by atoms with E-state index in [1.165, 1.54) is 11.1 Å². The fourth-order valence-electron chi connectivity index (χ4n) is 8.20. The first kappa shape index (κ1) is 40.7. The Balaban J connectivity index is 0.00000499. The Bertz CT molecular complexity index is 3040. The minimum Gasteiger partial charge on any atom is -0.507 e. The summed E-state index contributed by atoms with van der Waals surface area (Å²) in [6.07, 6.45) is 1.86. The fourth-order valence-corrected chi connectivity index (χ4v) is 8.20. The second-order valence-electron chi connectivity index (χ2n) is 17.6. The topological polar surface area (TPSA) is 77.0 Å². The molecule has 0 saturated carbocycles. The maximum absolute atomic E-state index is 12.3. The van der Waals surface area contributed by atoms with E-state index in [9.17, 15) is 5.11 Å². The molecule has 4 aromatic heterocycles. The summed E-state index contributed by atoms with van der Waals surface area (Å²) < 4.78 is 8.67. The standard InChI is InChI=1S/C53H48N4O2.Pt/c1-32-17-14-18-33(2)48(32)47-27-35-31-54-43(30-46(35)59-47)42-24-16-23-41(55-42)38-22-15-26-45-49(38)56-51(39-28-36(52(3,4)5)29-40(50(39)58)53(6,7)8)57(45)44-25-13-12-21-37(44)34-19-10-9-11-20-34;/h9-31,58H,1-8H3;. The van der Waals surface area contributed by atoms with Crippen LogP contribution < -0.4 is 0 Å². The predicted octanol–water partition coefficient (Wildman–Crippen LogP) is 13.8. The first-order chi connectivity index (χ1) is 28.3. The van der Waals surface area contributed by atoms with Crippen molar-refractivity contribution < 1.29 is 30.6 Å². The van der Waals surface area contributed by atoms with E-state index in [-0.39, 0.29) is 37.6 Å². The van der Waals surface area contributed by atoms with Crippen molar-refractivity contribution in [1.29, 1.82) is 0 Å². The second-order valence-corrected chi connectivity index (χ2v) is 17.6. The number of phenolic OH excluding ortho intramolecular Hbond substituents is 1. The summed E-state index contributed by atoms with van der Waals surface area (Å²) in [5, 5.41) is 13.2. The number of hydrogen-bond acceptors (Lipinski definition) is 5. The van der Waals surface area contributed by atoms with Crippen molar-refractivity contribution in [2.75, 3.05) is 0 Å². The van der Waals surface area contributed by atoms with Gasteiger partial charge in [0.15, 0.2) is 0 Å². The van der Waals surface area contributed by atoms with Gasteiger partial charge < -0.3 is 9.52 Å². The van der Waals surface area contributed by atoms with Crippen molar-refractivity contribution >= 4 is 22.0 Å². The average Bonchev–Trinajstić information content (AvgIpc) is 3.82. The maximum Gasteiger partial charge on any atom is 0.149 e. The van der Waals surface area contributed by atoms with Crippen LogP contribution in [-0.4, -0.2) is 24.6 Å². The number of nitrogens with zero attached hydrogens (tertiary/aromatic N) is 4. The average molecular weight is 968 g/mol. The molecule has 302 valence electrons. The molecule has 60 heavy (non-hydrogen) atoms. The van der Waals surface area contributed by atoms with Gasteiger partial charge in [-0.15, -0.1) is 0 Å². The number of aromatic nitrogens is 4. The molecule has 0 unspecified atom stereocenters. The zero-order valence-electron chi connectivity index (χ0n) is 35.2. The molecule has 5 aromatic carbocycles. The van der Waals surface area contributed by atoms with Gasteiger partial charge in [0.1, 0.15) is 22.9 Å². The normalized spacial score (nSPS) is 11.9. The number of imidazole rings is 1. The van der Waals surface area contributed by atoms with E-state index >= 15 is 0 Å². The van der Waals surface area contributed by atoms with E-state index in [1.807, 2.05) is 36.5 Å². The van der Waals surface area contributed by atoms with Crippen molar-refractivity contribution in [3.63, 3.8) is 0 Å². The van der Waals surface area contributed by atoms with Crippen LogP contribution in [-0.2, 0) is 31.9 Å². The van der Waals surface area contributed by atoms with Gasteiger partial charge in [-0.3, -0.25) is 9.55 Å². The molecule has 0 atom stereocenters. The summed E-state index contributed by atoms with van der Waals surface area (Å²) in [6.45, 7) is 17.3. The molecular weight excluding hydrogens is 920 g/mol. The van der Waals surface area contributed by atoms with E-state index in [0.717, 1.165) is 83.9 Å². The van der Waals surface area contributed by atoms with E-state index in [2.05, 4.69) is 163 Å². The molecule has 0 amide bonds. The Labute approximate surface area is 366 Å². The molecule has 0 aliphatic heterocycles. The van der Waals surface area contributed by atoms with E-state index < -0.39 is 0 Å². The van der Waals surface area contributed by atoms with Crippen molar-refractivity contribution in [3.8, 4) is 67.9 Å². The maximum atomic E-state index is 12.3. The molecule has 0 bridgehead atoms. The Kier molecular flexibility index (Phi) is 10.5. The van der Waals surface area contributed by atoms with Crippen LogP contribution in [0.4, 0.5) is 0 Å². The molecule has 0 radical (unpaired) electrons. The number of para-hydroxylation sites is 2. The first-order valence-electron chi connectivity index (χ1n) is 20.2. The van der Waals surface area contributed by atoms with Gasteiger partial charge in [0, 0.05) is 61.0 Å². The molecule has 7 heteroatoms. The molecule has 0 spiro atoms. The van der Waals surface area contributed by atoms with Gasteiger partial charge in [-0.25, -0.2) is 9.97 Å². The van der Waals surface area contributed by atoms with Gasteiger partial charge in [0.25, 0.3) is 0 Å². The van der Waals surface area contributed by atoms with E-state index in [4.69, 9.17) is 19.4 Å². The molecule has 0 aliphatic rings. The summed E-state index contributed by atoms with van der Waals surface area (Å²) in [5.41, 5.74) is 14.3. The number of fused-ring (bicyclic) bond motifs is 2. The van der Waals surface area contributed by atoms with Crippen LogP contribution in [0.25, 0.3) is 84.2 Å². The second kappa shape index (κ2) is 15.5. The SMILES string of the molecule is Cc1cccc(C)c1-c1cc2cnc(-c3cccc(-c4cccc5c4nc(-c4cc(C(C)(C)C)cc(C(C)(C)C)c4O)n5-c4ccccc4-c4ccccc4)n3)cc2o1.[Pt]. The number of phenols is 1. The summed E-state index contributed by atoms with van der Waals surface area (Å²) in [7, 11) is 0. The summed E-state index contributed by atoms with van der Waals surface area (Å²) >= 11 is 0. The minimum atomic E-state index is -0.317. The minimum absolute atomic E-state index is 0. The Morgan fingerprint density at radius 2 is 1.27 bits per heavy atom. The van der Waals surface area contributed by atoms with Crippen LogP contribution in [0.5, 0.6) is 5.75 Å². The number of aromatic hydroxyl groups is 1. The van der Waals surface area contributed by atoms with Gasteiger partial charge in [-0.1, -0.05) is 133 Å². The molecule has 9 rings (SSSR count). The summed E-state index contributed by atoms with van der Waals surface area (Å²) in [6, 6.07) is 45.7. The molecule has 1 N–H and O–H groups in total. The molecule has 0 aliphatic carbocycles. The molecular formula is C53H48N4O2Pt. The predicted molar refractivity (Wildman–Crippen MR) is 242 cm³/mol. The van der Waals surface area contributed by atoms with Crippen LogP contribution >= 0.6 is 0 Å². The van der Waals surface area contributed by atoms with Gasteiger partial charge in [-0.2, -0.15) is 0 Å². The zero-order valence-corrected chi connectivity index (χ0v) is 37.5. The van der Waals surface area contributed by atoms with Crippen molar-refractivity contribution in [2.24, 2.45) is 0 Å². The monoisotopic (exact) mass is 967 g/mol. The quantitative estimate of drug-likeness (QED) is 0.180. The number of hydrogen-bond donors (Lipinski definition) is 1. The van der Waals surface area contributed by atoms with Gasteiger partial charge in [0.05, 0.1) is 39.4 Å². The van der Waals surface area contributed by atoms with Gasteiger partial charge >= 0.3 is 0 Å². The van der Waals surface area contributed by atoms with Gasteiger partial charge in [0.2, 0.25) is 0 Å². The molecule has 0 saturated heterocycles. The first-order valence-corrected chi connectivity index (χ1v) is 20.2. The molecule has 4 heterocycles. The smallest absolute Gasteiger partial charge is 0.149 e. The number of furan rings is 1. The molecule has 0 fully saturated rings. The van der Waals surface area contributed by atoms with Gasteiger partial charge in [-0.05, 0) is 83.3 Å². The number of aryl methyl sites for hydroxylation is 2. The number of benzene rings is 5. The summed E-state index contributed by atoms with van der Waals surface area (Å²) in [4.78, 5) is 15.6. The van der Waals surface area contributed by atoms with Crippen LogP contribution in [0.15, 0.2) is 144 Å². The molecule has 9 aromatic rings. The van der Waals surface area contributed by atoms with Crippen molar-refractivity contribution in [2.45, 2.75) is 66.2 Å². The van der Waals surface area contributed by atoms with Crippen LogP contribution in [0.2, 0.25) is 0 Å². The van der Waals surface area contributed by atoms with Crippen molar-refractivity contribution in [1.82, 2.24) is 19.5 Å². The Hall–Kier alpha value is -6.10. The number of pyridine rings is 2. The summed E-state index contributed by atoms with van der Waals surface area (Å²) in [5.74, 6) is 1.73. The number of rotatable bonds is 6. The third-order valence-corrected chi connectivity index (χ3v) is 11.4. The third kappa shape index (κ3) is 7.28. The van der Waals surface area contributed by atoms with Crippen LogP contribution in [0.3, 0.4) is 0 Å². The fraction of sp³-hybridized carbons (Fsp3) is 0.189. The van der Waals surface area contributed by atoms with E-state index in [1.54, 1.807) is 0 Å².